The molecular weight excluding hydrogens is 431 g/mol. The van der Waals surface area contributed by atoms with Crippen molar-refractivity contribution in [3.05, 3.63) is 134 Å². The van der Waals surface area contributed by atoms with Crippen LogP contribution in [0.25, 0.3) is 0 Å². The zero-order valence-electron chi connectivity index (χ0n) is 20.0. The van der Waals surface area contributed by atoms with Gasteiger partial charge in [0.05, 0.1) is 19.2 Å². The highest BCUT2D eigenvalue weighted by molar-refractivity contribution is 5.87. The number of hydrogen-bond donors (Lipinski definition) is 0. The van der Waals surface area contributed by atoms with E-state index >= 15 is 0 Å². The van der Waals surface area contributed by atoms with Gasteiger partial charge < -0.3 is 9.47 Å². The highest BCUT2D eigenvalue weighted by Gasteiger charge is 2.02. The smallest absolute Gasteiger partial charge is 0.337 e. The SMILES string of the molecule is C=C/C(=C\C=C/C(=C/C=C/C(C=C)=C/C=C/OC(=O)C(=C)C)/C=C/F)CCCOC(=O)C(=C)C. The maximum absolute atomic E-state index is 12.8. The highest BCUT2D eigenvalue weighted by Crippen LogP contribution is 2.09. The minimum absolute atomic E-state index is 0.297. The van der Waals surface area contributed by atoms with E-state index in [1.807, 2.05) is 6.08 Å². The van der Waals surface area contributed by atoms with Crippen LogP contribution in [-0.4, -0.2) is 18.5 Å². The van der Waals surface area contributed by atoms with E-state index < -0.39 is 11.9 Å². The molecule has 0 aliphatic carbocycles. The molecule has 0 heterocycles. The average Bonchev–Trinajstić information content (AvgIpc) is 2.81. The van der Waals surface area contributed by atoms with Crippen molar-refractivity contribution in [2.75, 3.05) is 6.61 Å². The average molecular weight is 465 g/mol. The van der Waals surface area contributed by atoms with E-state index in [-0.39, 0.29) is 0 Å². The number of halogens is 1. The van der Waals surface area contributed by atoms with E-state index in [0.29, 0.717) is 42.5 Å². The van der Waals surface area contributed by atoms with E-state index in [0.717, 1.165) is 11.1 Å². The summed E-state index contributed by atoms with van der Waals surface area (Å²) in [4.78, 5) is 22.7. The molecule has 0 amide bonds. The summed E-state index contributed by atoms with van der Waals surface area (Å²) in [5, 5.41) is 0. The summed E-state index contributed by atoms with van der Waals surface area (Å²) in [7, 11) is 0. The molecule has 0 spiro atoms. The number of ether oxygens (including phenoxy) is 2. The molecule has 0 radical (unpaired) electrons. The van der Waals surface area contributed by atoms with Gasteiger partial charge in [-0.15, -0.1) is 0 Å². The third kappa shape index (κ3) is 14.9. The zero-order chi connectivity index (χ0) is 25.8. The normalized spacial score (nSPS) is 13.1. The molecular formula is C29H33FO4. The molecule has 34 heavy (non-hydrogen) atoms. The molecule has 0 saturated heterocycles. The maximum atomic E-state index is 12.8. The number of carbonyl (C=O) groups excluding carboxylic acids is 2. The first-order valence-corrected chi connectivity index (χ1v) is 10.6. The van der Waals surface area contributed by atoms with Crippen molar-refractivity contribution in [2.45, 2.75) is 26.7 Å². The molecule has 0 saturated carbocycles. The molecule has 5 heteroatoms. The standard InChI is InChI=1S/C29H33FO4/c1-7-25(17-11-21-33-28(31)23(3)4)13-9-15-27(19-20-30)16-10-14-26(8-2)18-12-22-34-29(32)24(5)6/h7-11,13-17,19-21H,1-3,5,12,18,22H2,4,6H3/b13-9+,16-10-,20-19+,21-11+,25-17+,26-14+,27-15-. The molecule has 0 aliphatic heterocycles. The summed E-state index contributed by atoms with van der Waals surface area (Å²) in [6.07, 6.45) is 21.7. The van der Waals surface area contributed by atoms with Crippen molar-refractivity contribution >= 4 is 11.9 Å². The predicted octanol–water partition coefficient (Wildman–Crippen LogP) is 7.27. The molecule has 0 aliphatic rings. The van der Waals surface area contributed by atoms with Crippen LogP contribution in [0, 0.1) is 0 Å². The van der Waals surface area contributed by atoms with Crippen LogP contribution < -0.4 is 0 Å². The monoisotopic (exact) mass is 464 g/mol. The number of allylic oxidation sites excluding steroid dienone is 14. The van der Waals surface area contributed by atoms with Gasteiger partial charge in [0.25, 0.3) is 0 Å². The van der Waals surface area contributed by atoms with E-state index in [4.69, 9.17) is 9.47 Å². The lowest BCUT2D eigenvalue weighted by Crippen LogP contribution is -2.06. The Morgan fingerprint density at radius 2 is 1.44 bits per heavy atom. The van der Waals surface area contributed by atoms with Gasteiger partial charge >= 0.3 is 11.9 Å². The molecule has 0 bridgehead atoms. The van der Waals surface area contributed by atoms with Crippen molar-refractivity contribution in [1.82, 2.24) is 0 Å². The molecule has 0 unspecified atom stereocenters. The maximum Gasteiger partial charge on any atom is 0.337 e. The Morgan fingerprint density at radius 3 is 2.03 bits per heavy atom. The highest BCUT2D eigenvalue weighted by atomic mass is 19.1. The molecule has 0 aromatic rings. The van der Waals surface area contributed by atoms with Gasteiger partial charge in [-0.1, -0.05) is 81.0 Å². The Labute approximate surface area is 202 Å². The van der Waals surface area contributed by atoms with Crippen molar-refractivity contribution < 1.29 is 23.5 Å². The summed E-state index contributed by atoms with van der Waals surface area (Å²) in [6, 6.07) is 0. The summed E-state index contributed by atoms with van der Waals surface area (Å²) < 4.78 is 22.7. The summed E-state index contributed by atoms with van der Waals surface area (Å²) in [6.45, 7) is 18.0. The van der Waals surface area contributed by atoms with Crippen LogP contribution >= 0.6 is 0 Å². The van der Waals surface area contributed by atoms with Crippen LogP contribution in [-0.2, 0) is 19.1 Å². The number of hydrogen-bond acceptors (Lipinski definition) is 4. The Hall–Kier alpha value is -3.99. The fraction of sp³-hybridized carbons (Fsp3) is 0.172. The minimum atomic E-state index is -0.502. The summed E-state index contributed by atoms with van der Waals surface area (Å²) in [5.41, 5.74) is 3.02. The van der Waals surface area contributed by atoms with Gasteiger partial charge in [-0.25, -0.2) is 14.0 Å². The van der Waals surface area contributed by atoms with Gasteiger partial charge in [-0.2, -0.15) is 0 Å². The Morgan fingerprint density at radius 1 is 0.824 bits per heavy atom. The van der Waals surface area contributed by atoms with Crippen LogP contribution in [0.2, 0.25) is 0 Å². The third-order valence-electron chi connectivity index (χ3n) is 4.01. The predicted molar refractivity (Wildman–Crippen MR) is 138 cm³/mol. The van der Waals surface area contributed by atoms with Crippen LogP contribution in [0.15, 0.2) is 134 Å². The Balaban J connectivity index is 5.05. The fourth-order valence-electron chi connectivity index (χ4n) is 2.15. The second kappa shape index (κ2) is 18.6. The largest absolute Gasteiger partial charge is 0.462 e. The lowest BCUT2D eigenvalue weighted by atomic mass is 10.1. The van der Waals surface area contributed by atoms with E-state index in [9.17, 15) is 14.0 Å². The van der Waals surface area contributed by atoms with Crippen LogP contribution in [0.5, 0.6) is 0 Å². The Bertz CT molecular complexity index is 966. The molecule has 0 aromatic carbocycles. The Kier molecular flexibility index (Phi) is 16.4. The second-order valence-corrected chi connectivity index (χ2v) is 7.03. The molecule has 0 aromatic heterocycles. The van der Waals surface area contributed by atoms with Gasteiger partial charge in [-0.3, -0.25) is 0 Å². The topological polar surface area (TPSA) is 52.6 Å². The number of esters is 2. The first kappa shape index (κ1) is 30.0. The van der Waals surface area contributed by atoms with Crippen LogP contribution in [0.3, 0.4) is 0 Å². The van der Waals surface area contributed by atoms with Crippen LogP contribution in [0.1, 0.15) is 26.7 Å². The first-order valence-electron chi connectivity index (χ1n) is 10.6. The fourth-order valence-corrected chi connectivity index (χ4v) is 2.15. The van der Waals surface area contributed by atoms with E-state index in [1.54, 1.807) is 68.5 Å². The van der Waals surface area contributed by atoms with Gasteiger partial charge in [0.15, 0.2) is 0 Å². The van der Waals surface area contributed by atoms with Crippen LogP contribution in [0.4, 0.5) is 4.39 Å². The van der Waals surface area contributed by atoms with Gasteiger partial charge in [0.1, 0.15) is 0 Å². The summed E-state index contributed by atoms with van der Waals surface area (Å²) >= 11 is 0. The van der Waals surface area contributed by atoms with Gasteiger partial charge in [0, 0.05) is 11.1 Å². The molecule has 0 atom stereocenters. The molecule has 0 N–H and O–H groups in total. The molecule has 180 valence electrons. The van der Waals surface area contributed by atoms with Gasteiger partial charge in [0.2, 0.25) is 0 Å². The quantitative estimate of drug-likeness (QED) is 0.0841. The van der Waals surface area contributed by atoms with Crippen molar-refractivity contribution in [1.29, 1.82) is 0 Å². The van der Waals surface area contributed by atoms with Crippen molar-refractivity contribution in [3.63, 3.8) is 0 Å². The molecule has 0 rings (SSSR count). The number of carbonyl (C=O) groups is 2. The van der Waals surface area contributed by atoms with E-state index in [2.05, 4.69) is 26.3 Å². The number of rotatable bonds is 15. The van der Waals surface area contributed by atoms with Crippen molar-refractivity contribution in [2.24, 2.45) is 0 Å². The zero-order valence-corrected chi connectivity index (χ0v) is 20.0. The van der Waals surface area contributed by atoms with E-state index in [1.165, 1.54) is 12.3 Å². The van der Waals surface area contributed by atoms with Gasteiger partial charge in [-0.05, 0) is 55.6 Å². The molecule has 0 fully saturated rings. The summed E-state index contributed by atoms with van der Waals surface area (Å²) in [5.74, 6) is -0.904. The second-order valence-electron chi connectivity index (χ2n) is 7.03. The van der Waals surface area contributed by atoms with Crippen molar-refractivity contribution in [3.8, 4) is 0 Å². The first-order chi connectivity index (χ1) is 16.2. The minimum Gasteiger partial charge on any atom is -0.462 e. The lowest BCUT2D eigenvalue weighted by Gasteiger charge is -2.04. The molecule has 4 nitrogen and oxygen atoms in total. The third-order valence-corrected chi connectivity index (χ3v) is 4.01. The lowest BCUT2D eigenvalue weighted by molar-refractivity contribution is -0.139.